The van der Waals surface area contributed by atoms with E-state index in [9.17, 15) is 24.3 Å². The van der Waals surface area contributed by atoms with E-state index < -0.39 is 23.4 Å². The minimum Gasteiger partial charge on any atom is -0.487 e. The van der Waals surface area contributed by atoms with E-state index in [2.05, 4.69) is 43.0 Å². The van der Waals surface area contributed by atoms with Crippen molar-refractivity contribution in [2.24, 2.45) is 0 Å². The molecule has 6 aliphatic heterocycles. The van der Waals surface area contributed by atoms with E-state index in [1.54, 1.807) is 27.7 Å². The largest absolute Gasteiger partial charge is 0.487 e. The fourth-order valence-corrected chi connectivity index (χ4v) is 12.3. The lowest BCUT2D eigenvalue weighted by atomic mass is 9.82. The van der Waals surface area contributed by atoms with Gasteiger partial charge in [-0.15, -0.1) is 6.58 Å². The van der Waals surface area contributed by atoms with Crippen LogP contribution in [0.15, 0.2) is 66.1 Å². The summed E-state index contributed by atoms with van der Waals surface area (Å²) in [6, 6.07) is 13.2. The predicted octanol–water partition coefficient (Wildman–Crippen LogP) is 4.86. The number of aromatic nitrogens is 5. The van der Waals surface area contributed by atoms with Gasteiger partial charge in [-0.05, 0) is 117 Å². The molecule has 1 spiro atoms. The van der Waals surface area contributed by atoms with Crippen LogP contribution < -0.4 is 25.8 Å². The SMILES string of the molecule is C=CCn1c(=O)c2cnc(Nc3ccc4c(c3)CCC3(CCN(C5CCN(C6CN(c7cc8c(cc7F)C(=O)N(C7CCC(=O)NC7=O)C8)C6)CC5)CC3)O4)nc2n1-c1ccc2c(n1)[C@@](O)(CC)CC2. The van der Waals surface area contributed by atoms with Crippen LogP contribution in [0, 0.1) is 5.82 Å². The van der Waals surface area contributed by atoms with Crippen LogP contribution in [0.3, 0.4) is 0 Å². The number of pyridine rings is 1. The van der Waals surface area contributed by atoms with Gasteiger partial charge >= 0.3 is 0 Å². The van der Waals surface area contributed by atoms with Gasteiger partial charge in [0, 0.05) is 81.8 Å². The highest BCUT2D eigenvalue weighted by molar-refractivity contribution is 6.05. The molecule has 3 aromatic heterocycles. The van der Waals surface area contributed by atoms with Crippen molar-refractivity contribution in [1.29, 1.82) is 0 Å². The smallest absolute Gasteiger partial charge is 0.278 e. The molecule has 12 rings (SSSR count). The highest BCUT2D eigenvalue weighted by Gasteiger charge is 2.44. The minimum atomic E-state index is -1.01. The molecule has 0 saturated carbocycles. The van der Waals surface area contributed by atoms with Crippen molar-refractivity contribution in [3.8, 4) is 11.6 Å². The van der Waals surface area contributed by atoms with Crippen molar-refractivity contribution in [2.45, 2.75) is 120 Å². The van der Waals surface area contributed by atoms with Crippen LogP contribution in [-0.4, -0.2) is 125 Å². The summed E-state index contributed by atoms with van der Waals surface area (Å²) < 4.78 is 25.6. The Morgan fingerprint density at radius 1 is 0.900 bits per heavy atom. The summed E-state index contributed by atoms with van der Waals surface area (Å²) in [6.07, 6.45) is 11.6. The van der Waals surface area contributed by atoms with Crippen LogP contribution >= 0.6 is 0 Å². The molecule has 2 aromatic carbocycles. The zero-order valence-electron chi connectivity index (χ0n) is 39.5. The van der Waals surface area contributed by atoms with Crippen molar-refractivity contribution in [2.75, 3.05) is 49.5 Å². The van der Waals surface area contributed by atoms with Gasteiger partial charge in [-0.1, -0.05) is 19.1 Å². The van der Waals surface area contributed by atoms with Gasteiger partial charge in [-0.3, -0.25) is 34.3 Å². The third-order valence-electron chi connectivity index (χ3n) is 16.5. The zero-order chi connectivity index (χ0) is 48.1. The van der Waals surface area contributed by atoms with Crippen molar-refractivity contribution < 1.29 is 28.6 Å². The number of fused-ring (bicyclic) bond motifs is 4. The number of amides is 3. The van der Waals surface area contributed by atoms with E-state index in [0.29, 0.717) is 70.2 Å². The molecule has 0 bridgehead atoms. The molecule has 7 aliphatic rings. The summed E-state index contributed by atoms with van der Waals surface area (Å²) >= 11 is 0. The summed E-state index contributed by atoms with van der Waals surface area (Å²) in [5.41, 5.74) is 4.10. The highest BCUT2D eigenvalue weighted by Crippen LogP contribution is 2.43. The van der Waals surface area contributed by atoms with Gasteiger partial charge in [-0.2, -0.15) is 4.98 Å². The fourth-order valence-electron chi connectivity index (χ4n) is 12.3. The number of carbonyl (C=O) groups is 3. The lowest BCUT2D eigenvalue weighted by Crippen LogP contribution is -2.62. The average molecular weight is 952 g/mol. The molecule has 4 fully saturated rings. The van der Waals surface area contributed by atoms with E-state index in [-0.39, 0.29) is 48.9 Å². The second-order valence-electron chi connectivity index (χ2n) is 20.4. The molecular formula is C52H58FN11O6. The second kappa shape index (κ2) is 17.1. The van der Waals surface area contributed by atoms with E-state index >= 15 is 4.39 Å². The van der Waals surface area contributed by atoms with Gasteiger partial charge < -0.3 is 25.0 Å². The van der Waals surface area contributed by atoms with Crippen molar-refractivity contribution in [3.05, 3.63) is 105 Å². The Morgan fingerprint density at radius 3 is 2.46 bits per heavy atom. The third kappa shape index (κ3) is 7.56. The summed E-state index contributed by atoms with van der Waals surface area (Å²) in [4.78, 5) is 74.0. The number of hydrogen-bond donors (Lipinski definition) is 3. The number of nitrogens with zero attached hydrogens (tertiary/aromatic N) is 9. The lowest BCUT2D eigenvalue weighted by molar-refractivity contribution is -0.136. The van der Waals surface area contributed by atoms with Crippen molar-refractivity contribution in [1.82, 2.24) is 44.3 Å². The van der Waals surface area contributed by atoms with Crippen LogP contribution in [0.5, 0.6) is 5.75 Å². The molecule has 364 valence electrons. The number of aryl methyl sites for hydroxylation is 2. The maximum atomic E-state index is 15.5. The van der Waals surface area contributed by atoms with Crippen molar-refractivity contribution >= 4 is 46.1 Å². The van der Waals surface area contributed by atoms with Crippen LogP contribution in [0.4, 0.5) is 21.7 Å². The van der Waals surface area contributed by atoms with Crippen LogP contribution in [0.2, 0.25) is 0 Å². The zero-order valence-corrected chi connectivity index (χ0v) is 39.5. The molecule has 1 unspecified atom stereocenters. The van der Waals surface area contributed by atoms with E-state index in [0.717, 1.165) is 107 Å². The molecule has 18 heteroatoms. The molecule has 17 nitrogen and oxygen atoms in total. The molecule has 9 heterocycles. The highest BCUT2D eigenvalue weighted by atomic mass is 19.1. The Morgan fingerprint density at radius 2 is 1.69 bits per heavy atom. The fraction of sp³-hybridized carbons (Fsp3) is 0.481. The number of rotatable bonds is 10. The first kappa shape index (κ1) is 44.7. The number of ether oxygens (including phenoxy) is 1. The monoisotopic (exact) mass is 951 g/mol. The Bertz CT molecular complexity index is 3040. The topological polar surface area (TPSA) is 183 Å². The van der Waals surface area contributed by atoms with Gasteiger partial charge in [0.25, 0.3) is 11.5 Å². The number of likely N-dealkylation sites (tertiary alicyclic amines) is 2. The molecule has 70 heavy (non-hydrogen) atoms. The third-order valence-corrected chi connectivity index (χ3v) is 16.5. The van der Waals surface area contributed by atoms with Crippen molar-refractivity contribution in [3.63, 3.8) is 0 Å². The van der Waals surface area contributed by atoms with Gasteiger partial charge in [0.1, 0.15) is 34.2 Å². The summed E-state index contributed by atoms with van der Waals surface area (Å²) in [5.74, 6) is 0.162. The molecule has 3 N–H and O–H groups in total. The van der Waals surface area contributed by atoms with Gasteiger partial charge in [0.2, 0.25) is 17.8 Å². The Kier molecular flexibility index (Phi) is 10.9. The van der Waals surface area contributed by atoms with E-state index in [4.69, 9.17) is 14.7 Å². The maximum Gasteiger partial charge on any atom is 0.278 e. The van der Waals surface area contributed by atoms with Gasteiger partial charge in [-0.25, -0.2) is 23.7 Å². The van der Waals surface area contributed by atoms with Gasteiger partial charge in [0.15, 0.2) is 11.5 Å². The van der Waals surface area contributed by atoms with Crippen LogP contribution in [0.25, 0.3) is 16.9 Å². The molecule has 4 saturated heterocycles. The molecule has 3 amide bonds. The number of carbonyl (C=O) groups excluding carboxylic acids is 3. The molecule has 0 radical (unpaired) electrons. The lowest BCUT2D eigenvalue weighted by Gasteiger charge is -2.51. The first-order valence-electron chi connectivity index (χ1n) is 25.0. The Hall–Kier alpha value is -6.50. The van der Waals surface area contributed by atoms with Crippen LogP contribution in [-0.2, 0) is 41.1 Å². The quantitative estimate of drug-likeness (QED) is 0.128. The summed E-state index contributed by atoms with van der Waals surface area (Å²) in [7, 11) is 0. The molecule has 2 atom stereocenters. The van der Waals surface area contributed by atoms with E-state index in [1.807, 2.05) is 31.2 Å². The number of nitrogens with one attached hydrogen (secondary N) is 2. The molecule has 1 aliphatic carbocycles. The normalized spacial score (nSPS) is 23.8. The maximum absolute atomic E-state index is 15.5. The summed E-state index contributed by atoms with van der Waals surface area (Å²) in [6.45, 7) is 11.8. The number of hydrogen-bond acceptors (Lipinski definition) is 13. The summed E-state index contributed by atoms with van der Waals surface area (Å²) in [5, 5.41) is 17.4. The predicted molar refractivity (Wildman–Crippen MR) is 259 cm³/mol. The number of anilines is 3. The van der Waals surface area contributed by atoms with Crippen LogP contribution in [0.1, 0.15) is 97.5 Å². The molecular weight excluding hydrogens is 894 g/mol. The number of piperidine rings is 3. The number of imide groups is 1. The van der Waals surface area contributed by atoms with Gasteiger partial charge in [0.05, 0.1) is 17.9 Å². The first-order chi connectivity index (χ1) is 33.9. The molecule has 5 aromatic rings. The second-order valence-corrected chi connectivity index (χ2v) is 20.4. The minimum absolute atomic E-state index is 0.178. The number of benzene rings is 2. The average Bonchev–Trinajstić information content (AvgIpc) is 3.95. The number of halogens is 1. The first-order valence-corrected chi connectivity index (χ1v) is 25.0. The number of aliphatic hydroxyl groups is 1. The Balaban J connectivity index is 0.644. The van der Waals surface area contributed by atoms with E-state index in [1.165, 1.54) is 11.0 Å². The Labute approximate surface area is 404 Å². The standard InChI is InChI=1S/C52H58FN11O6/c1-3-19-63-49(68)38-27-54-50(58-46(38)64(63)43-9-5-31-12-16-52(69,4-2)45(31)56-43)55-34-6-8-42-32(24-34)11-15-51(70-42)17-22-60(23-18-51)35-13-20-59(21-14-35)36-29-61(30-36)41-25-33-28-62(48(67)37(33)26-39(41)53)40-7-10-44(65)57-47(40)66/h3,5-6,8-9,24-27,35-36,40,69H,1,4,7,10-23,28-30H2,2H3,(H,54,55,58)(H,57,65,66)/t40?,52-/m1/s1. The number of allylic oxidation sites excluding steroid dienone is 1.